The molecule has 1 fully saturated rings. The fraction of sp³-hybridized carbons (Fsp3) is 0.875. The van der Waals surface area contributed by atoms with E-state index in [1.807, 2.05) is 0 Å². The van der Waals surface area contributed by atoms with Gasteiger partial charge in [-0.2, -0.15) is 0 Å². The van der Waals surface area contributed by atoms with Gasteiger partial charge in [0.15, 0.2) is 0 Å². The van der Waals surface area contributed by atoms with Crippen LogP contribution in [0.5, 0.6) is 0 Å². The zero-order valence-corrected chi connectivity index (χ0v) is 6.60. The lowest BCUT2D eigenvalue weighted by molar-refractivity contribution is 0.338. The van der Waals surface area contributed by atoms with Crippen molar-refractivity contribution >= 4 is 0 Å². The van der Waals surface area contributed by atoms with Crippen molar-refractivity contribution < 1.29 is 0 Å². The number of hydrogen-bond donors (Lipinski definition) is 1. The van der Waals surface area contributed by atoms with E-state index in [4.69, 9.17) is 0 Å². The Labute approximate surface area is 63.6 Å². The number of nitrogens with zero attached hydrogens (tertiary/aromatic N) is 1. The number of likely N-dealkylation sites (tertiary alicyclic amines) is 1. The van der Waals surface area contributed by atoms with Crippen molar-refractivity contribution in [2.24, 2.45) is 0 Å². The van der Waals surface area contributed by atoms with Crippen LogP contribution in [0, 0.1) is 6.92 Å². The quantitative estimate of drug-likeness (QED) is 0.574. The second kappa shape index (κ2) is 4.69. The Morgan fingerprint density at radius 3 is 2.60 bits per heavy atom. The lowest BCUT2D eigenvalue weighted by Crippen LogP contribution is -2.29. The van der Waals surface area contributed by atoms with Crippen LogP contribution in [0.15, 0.2) is 0 Å². The van der Waals surface area contributed by atoms with Crippen LogP contribution in [0.25, 0.3) is 0 Å². The highest BCUT2D eigenvalue weighted by Crippen LogP contribution is 2.05. The maximum Gasteiger partial charge on any atom is 0.0107 e. The number of nitrogens with one attached hydrogen (secondary N) is 1. The lowest BCUT2D eigenvalue weighted by atomic mass is 10.4. The third-order valence-corrected chi connectivity index (χ3v) is 1.98. The second-order valence-electron chi connectivity index (χ2n) is 2.80. The predicted octanol–water partition coefficient (Wildman–Crippen LogP) is 0.506. The molecule has 1 heterocycles. The molecule has 2 heteroatoms. The summed E-state index contributed by atoms with van der Waals surface area (Å²) in [6, 6.07) is 0. The molecule has 10 heavy (non-hydrogen) atoms. The molecule has 1 radical (unpaired) electrons. The third kappa shape index (κ3) is 2.67. The zero-order valence-electron chi connectivity index (χ0n) is 6.60. The molecule has 1 saturated heterocycles. The highest BCUT2D eigenvalue weighted by molar-refractivity contribution is 4.66. The first-order valence-electron chi connectivity index (χ1n) is 4.16. The van der Waals surface area contributed by atoms with Gasteiger partial charge < -0.3 is 10.2 Å². The van der Waals surface area contributed by atoms with Crippen LogP contribution >= 0.6 is 0 Å². The Morgan fingerprint density at radius 1 is 1.30 bits per heavy atom. The monoisotopic (exact) mass is 141 g/mol. The Kier molecular flexibility index (Phi) is 3.76. The fourth-order valence-electron chi connectivity index (χ4n) is 1.37. The summed E-state index contributed by atoms with van der Waals surface area (Å²) in [5.41, 5.74) is 0. The molecule has 0 saturated carbocycles. The van der Waals surface area contributed by atoms with Gasteiger partial charge in [0.2, 0.25) is 0 Å². The summed E-state index contributed by atoms with van der Waals surface area (Å²) >= 11 is 0. The van der Waals surface area contributed by atoms with E-state index in [-0.39, 0.29) is 0 Å². The molecule has 1 rings (SSSR count). The van der Waals surface area contributed by atoms with Crippen LogP contribution in [-0.4, -0.2) is 37.6 Å². The van der Waals surface area contributed by atoms with Crippen molar-refractivity contribution in [3.63, 3.8) is 0 Å². The summed E-state index contributed by atoms with van der Waals surface area (Å²) in [5, 5.41) is 3.22. The summed E-state index contributed by atoms with van der Waals surface area (Å²) < 4.78 is 0. The molecular weight excluding hydrogens is 124 g/mol. The molecular formula is C8H17N2. The highest BCUT2D eigenvalue weighted by atomic mass is 15.1. The van der Waals surface area contributed by atoms with Gasteiger partial charge in [-0.15, -0.1) is 0 Å². The summed E-state index contributed by atoms with van der Waals surface area (Å²) in [7, 11) is 0. The summed E-state index contributed by atoms with van der Waals surface area (Å²) in [6.07, 6.45) is 2.79. The average molecular weight is 141 g/mol. The maximum atomic E-state index is 3.72. The van der Waals surface area contributed by atoms with Crippen LogP contribution < -0.4 is 5.32 Å². The minimum Gasteiger partial charge on any atom is -0.315 e. The van der Waals surface area contributed by atoms with Gasteiger partial charge in [0.1, 0.15) is 0 Å². The van der Waals surface area contributed by atoms with E-state index in [1.54, 1.807) is 0 Å². The Hall–Kier alpha value is -0.0800. The van der Waals surface area contributed by atoms with Gasteiger partial charge in [-0.3, -0.25) is 0 Å². The first-order chi connectivity index (χ1) is 4.93. The van der Waals surface area contributed by atoms with E-state index < -0.39 is 0 Å². The largest absolute Gasteiger partial charge is 0.315 e. The van der Waals surface area contributed by atoms with Crippen molar-refractivity contribution in [2.45, 2.75) is 12.8 Å². The van der Waals surface area contributed by atoms with Crippen molar-refractivity contribution in [1.82, 2.24) is 10.2 Å². The minimum atomic E-state index is 0.855. The fourth-order valence-corrected chi connectivity index (χ4v) is 1.37. The zero-order chi connectivity index (χ0) is 7.23. The maximum absolute atomic E-state index is 3.72. The van der Waals surface area contributed by atoms with E-state index >= 15 is 0 Å². The van der Waals surface area contributed by atoms with Gasteiger partial charge in [-0.25, -0.2) is 0 Å². The SMILES string of the molecule is [CH2]CNCCN1CCCC1. The highest BCUT2D eigenvalue weighted by Gasteiger charge is 2.09. The number of hydrogen-bond acceptors (Lipinski definition) is 2. The molecule has 0 aromatic heterocycles. The molecule has 59 valence electrons. The Bertz CT molecular complexity index is 77.3. The van der Waals surface area contributed by atoms with Gasteiger partial charge in [0.05, 0.1) is 0 Å². The van der Waals surface area contributed by atoms with Crippen molar-refractivity contribution in [3.05, 3.63) is 6.92 Å². The van der Waals surface area contributed by atoms with E-state index in [1.165, 1.54) is 32.5 Å². The lowest BCUT2D eigenvalue weighted by Gasteiger charge is -2.13. The summed E-state index contributed by atoms with van der Waals surface area (Å²) in [4.78, 5) is 2.50. The normalized spacial score (nSPS) is 20.1. The van der Waals surface area contributed by atoms with Crippen LogP contribution in [0.3, 0.4) is 0 Å². The van der Waals surface area contributed by atoms with Gasteiger partial charge in [0.25, 0.3) is 0 Å². The average Bonchev–Trinajstić information content (AvgIpc) is 2.41. The van der Waals surface area contributed by atoms with Crippen molar-refractivity contribution in [3.8, 4) is 0 Å². The molecule has 2 nitrogen and oxygen atoms in total. The smallest absolute Gasteiger partial charge is 0.0107 e. The molecule has 1 aliphatic rings. The van der Waals surface area contributed by atoms with E-state index in [2.05, 4.69) is 17.1 Å². The molecule has 0 unspecified atom stereocenters. The van der Waals surface area contributed by atoms with Gasteiger partial charge >= 0.3 is 0 Å². The molecule has 1 aliphatic heterocycles. The Morgan fingerprint density at radius 2 is 2.00 bits per heavy atom. The van der Waals surface area contributed by atoms with Crippen molar-refractivity contribution in [1.29, 1.82) is 0 Å². The molecule has 0 bridgehead atoms. The van der Waals surface area contributed by atoms with Gasteiger partial charge in [-0.05, 0) is 39.4 Å². The standard InChI is InChI=1S/C8H17N2/c1-2-9-5-8-10-6-3-4-7-10/h9H,1-8H2. The predicted molar refractivity (Wildman–Crippen MR) is 43.9 cm³/mol. The van der Waals surface area contributed by atoms with Crippen LogP contribution in [-0.2, 0) is 0 Å². The molecule has 0 amide bonds. The minimum absolute atomic E-state index is 0.855. The topological polar surface area (TPSA) is 15.3 Å². The van der Waals surface area contributed by atoms with Crippen LogP contribution in [0.4, 0.5) is 0 Å². The first kappa shape index (κ1) is 8.02. The van der Waals surface area contributed by atoms with E-state index in [0.717, 1.165) is 13.1 Å². The molecule has 0 spiro atoms. The molecule has 1 N–H and O–H groups in total. The molecule has 0 aromatic rings. The first-order valence-corrected chi connectivity index (χ1v) is 4.16. The summed E-state index contributed by atoms with van der Waals surface area (Å²) in [6.45, 7) is 9.49. The second-order valence-corrected chi connectivity index (χ2v) is 2.80. The third-order valence-electron chi connectivity index (χ3n) is 1.98. The molecule has 0 aromatic carbocycles. The van der Waals surface area contributed by atoms with E-state index in [0.29, 0.717) is 0 Å². The molecule has 0 atom stereocenters. The van der Waals surface area contributed by atoms with Crippen LogP contribution in [0.1, 0.15) is 12.8 Å². The van der Waals surface area contributed by atoms with E-state index in [9.17, 15) is 0 Å². The summed E-state index contributed by atoms with van der Waals surface area (Å²) in [5.74, 6) is 0. The molecule has 0 aliphatic carbocycles. The Balaban J connectivity index is 1.91. The number of rotatable bonds is 4. The van der Waals surface area contributed by atoms with Crippen molar-refractivity contribution in [2.75, 3.05) is 32.7 Å². The van der Waals surface area contributed by atoms with Crippen LogP contribution in [0.2, 0.25) is 0 Å². The van der Waals surface area contributed by atoms with Gasteiger partial charge in [-0.1, -0.05) is 0 Å². The van der Waals surface area contributed by atoms with Gasteiger partial charge in [0, 0.05) is 13.1 Å².